The molecule has 0 radical (unpaired) electrons. The van der Waals surface area contributed by atoms with Crippen molar-refractivity contribution >= 4 is 0 Å². The summed E-state index contributed by atoms with van der Waals surface area (Å²) in [7, 11) is 0. The summed E-state index contributed by atoms with van der Waals surface area (Å²) in [5.74, 6) is 0.671. The van der Waals surface area contributed by atoms with Gasteiger partial charge in [-0.3, -0.25) is 0 Å². The molecule has 0 unspecified atom stereocenters. The Kier molecular flexibility index (Phi) is 4.62. The van der Waals surface area contributed by atoms with Gasteiger partial charge < -0.3 is 9.84 Å². The summed E-state index contributed by atoms with van der Waals surface area (Å²) >= 11 is 0. The Morgan fingerprint density at radius 1 is 1.05 bits per heavy atom. The molecule has 0 heterocycles. The van der Waals surface area contributed by atoms with E-state index in [1.807, 2.05) is 62.4 Å². The highest BCUT2D eigenvalue weighted by Gasteiger charge is 2.22. The molecule has 0 aliphatic rings. The summed E-state index contributed by atoms with van der Waals surface area (Å²) in [5.41, 5.74) is 2.15. The van der Waals surface area contributed by atoms with Crippen molar-refractivity contribution in [2.75, 3.05) is 0 Å². The predicted octanol–water partition coefficient (Wildman–Crippen LogP) is 3.56. The zero-order chi connectivity index (χ0) is 15.3. The van der Waals surface area contributed by atoms with E-state index in [1.165, 1.54) is 0 Å². The zero-order valence-corrected chi connectivity index (χ0v) is 12.3. The van der Waals surface area contributed by atoms with Crippen molar-refractivity contribution in [1.29, 1.82) is 5.26 Å². The van der Waals surface area contributed by atoms with Gasteiger partial charge in [-0.1, -0.05) is 42.5 Å². The Bertz CT molecular complexity index is 656. The fourth-order valence-electron chi connectivity index (χ4n) is 2.25. The Balaban J connectivity index is 2.24. The number of ether oxygens (including phenoxy) is 1. The first kappa shape index (κ1) is 15.1. The van der Waals surface area contributed by atoms with Crippen molar-refractivity contribution in [2.45, 2.75) is 32.5 Å². The van der Waals surface area contributed by atoms with Gasteiger partial charge >= 0.3 is 0 Å². The molecular weight excluding hydrogens is 262 g/mol. The number of rotatable bonds is 5. The van der Waals surface area contributed by atoms with Crippen molar-refractivity contribution in [3.8, 4) is 11.8 Å². The second-order valence-corrected chi connectivity index (χ2v) is 5.45. The Hall–Kier alpha value is -2.31. The standard InChI is InChI=1S/C18H19NO2/c1-18(2,13-19)16-9-5-3-8-15(16)12-21-17-10-6-4-7-14(17)11-20/h3-10,20H,11-12H2,1-2H3. The third kappa shape index (κ3) is 3.42. The quantitative estimate of drug-likeness (QED) is 0.911. The first-order valence-electron chi connectivity index (χ1n) is 6.89. The molecule has 0 spiro atoms. The first-order chi connectivity index (χ1) is 10.1. The van der Waals surface area contributed by atoms with Gasteiger partial charge in [0.2, 0.25) is 0 Å². The van der Waals surface area contributed by atoms with Gasteiger partial charge in [-0.25, -0.2) is 0 Å². The largest absolute Gasteiger partial charge is 0.489 e. The molecule has 2 aromatic carbocycles. The van der Waals surface area contributed by atoms with E-state index in [0.29, 0.717) is 12.4 Å². The fourth-order valence-corrected chi connectivity index (χ4v) is 2.25. The third-order valence-electron chi connectivity index (χ3n) is 3.50. The summed E-state index contributed by atoms with van der Waals surface area (Å²) in [4.78, 5) is 0. The van der Waals surface area contributed by atoms with Crippen LogP contribution in [0.3, 0.4) is 0 Å². The van der Waals surface area contributed by atoms with Gasteiger partial charge in [0.25, 0.3) is 0 Å². The predicted molar refractivity (Wildman–Crippen MR) is 81.8 cm³/mol. The number of aliphatic hydroxyl groups excluding tert-OH is 1. The van der Waals surface area contributed by atoms with Gasteiger partial charge in [0.05, 0.1) is 18.1 Å². The van der Waals surface area contributed by atoms with E-state index in [2.05, 4.69) is 6.07 Å². The van der Waals surface area contributed by atoms with Gasteiger partial charge in [-0.15, -0.1) is 0 Å². The van der Waals surface area contributed by atoms with Crippen LogP contribution in [-0.4, -0.2) is 5.11 Å². The van der Waals surface area contributed by atoms with Crippen molar-refractivity contribution in [3.63, 3.8) is 0 Å². The van der Waals surface area contributed by atoms with Crippen LogP contribution in [0.4, 0.5) is 0 Å². The van der Waals surface area contributed by atoms with E-state index < -0.39 is 5.41 Å². The van der Waals surface area contributed by atoms with E-state index in [-0.39, 0.29) is 6.61 Å². The molecular formula is C18H19NO2. The average molecular weight is 281 g/mol. The molecule has 3 heteroatoms. The minimum absolute atomic E-state index is 0.0541. The van der Waals surface area contributed by atoms with Crippen LogP contribution in [0.2, 0.25) is 0 Å². The summed E-state index contributed by atoms with van der Waals surface area (Å²) in [6, 6.07) is 17.5. The number of aliphatic hydroxyl groups is 1. The van der Waals surface area contributed by atoms with Crippen LogP contribution < -0.4 is 4.74 Å². The molecule has 0 amide bonds. The fraction of sp³-hybridized carbons (Fsp3) is 0.278. The number of hydrogen-bond acceptors (Lipinski definition) is 3. The molecule has 2 aromatic rings. The summed E-state index contributed by atoms with van der Waals surface area (Å²) < 4.78 is 5.82. The summed E-state index contributed by atoms with van der Waals surface area (Å²) in [6.07, 6.45) is 0. The lowest BCUT2D eigenvalue weighted by Gasteiger charge is -2.20. The number of hydrogen-bond donors (Lipinski definition) is 1. The van der Waals surface area contributed by atoms with Gasteiger partial charge in [0.1, 0.15) is 12.4 Å². The molecule has 0 saturated heterocycles. The van der Waals surface area contributed by atoms with Crippen LogP contribution in [0.15, 0.2) is 48.5 Å². The lowest BCUT2D eigenvalue weighted by molar-refractivity contribution is 0.258. The topological polar surface area (TPSA) is 53.2 Å². The average Bonchev–Trinajstić information content (AvgIpc) is 2.53. The van der Waals surface area contributed by atoms with Crippen LogP contribution >= 0.6 is 0 Å². The first-order valence-corrected chi connectivity index (χ1v) is 6.89. The number of para-hydroxylation sites is 1. The van der Waals surface area contributed by atoms with Crippen molar-refractivity contribution in [3.05, 3.63) is 65.2 Å². The molecule has 0 fully saturated rings. The van der Waals surface area contributed by atoms with Crippen molar-refractivity contribution < 1.29 is 9.84 Å². The number of nitriles is 1. The molecule has 0 aromatic heterocycles. The normalized spacial score (nSPS) is 11.0. The van der Waals surface area contributed by atoms with Crippen LogP contribution in [0, 0.1) is 11.3 Å². The number of nitrogens with zero attached hydrogens (tertiary/aromatic N) is 1. The summed E-state index contributed by atoms with van der Waals surface area (Å²) in [6.45, 7) is 4.11. The molecule has 0 bridgehead atoms. The van der Waals surface area contributed by atoms with Crippen LogP contribution in [-0.2, 0) is 18.6 Å². The number of benzene rings is 2. The lowest BCUT2D eigenvalue weighted by Crippen LogP contribution is -2.17. The van der Waals surface area contributed by atoms with E-state index in [1.54, 1.807) is 0 Å². The van der Waals surface area contributed by atoms with E-state index in [9.17, 15) is 10.4 Å². The second kappa shape index (κ2) is 6.43. The molecule has 21 heavy (non-hydrogen) atoms. The molecule has 0 aliphatic carbocycles. The Morgan fingerprint density at radius 2 is 1.67 bits per heavy atom. The highest BCUT2D eigenvalue weighted by atomic mass is 16.5. The molecule has 3 nitrogen and oxygen atoms in total. The highest BCUT2D eigenvalue weighted by molar-refractivity contribution is 5.38. The minimum atomic E-state index is -0.559. The highest BCUT2D eigenvalue weighted by Crippen LogP contribution is 2.27. The zero-order valence-electron chi connectivity index (χ0n) is 12.3. The van der Waals surface area contributed by atoms with E-state index in [4.69, 9.17) is 4.74 Å². The molecule has 1 N–H and O–H groups in total. The molecule has 0 aliphatic heterocycles. The van der Waals surface area contributed by atoms with E-state index in [0.717, 1.165) is 16.7 Å². The molecule has 2 rings (SSSR count). The smallest absolute Gasteiger partial charge is 0.125 e. The van der Waals surface area contributed by atoms with Gasteiger partial charge in [0, 0.05) is 5.56 Å². The van der Waals surface area contributed by atoms with E-state index >= 15 is 0 Å². The molecule has 108 valence electrons. The third-order valence-corrected chi connectivity index (χ3v) is 3.50. The van der Waals surface area contributed by atoms with Crippen LogP contribution in [0.1, 0.15) is 30.5 Å². The second-order valence-electron chi connectivity index (χ2n) is 5.45. The van der Waals surface area contributed by atoms with Crippen molar-refractivity contribution in [2.24, 2.45) is 0 Å². The Labute approximate surface area is 125 Å². The monoisotopic (exact) mass is 281 g/mol. The SMILES string of the molecule is CC(C)(C#N)c1ccccc1COc1ccccc1CO. The van der Waals surface area contributed by atoms with Crippen LogP contribution in [0.25, 0.3) is 0 Å². The minimum Gasteiger partial charge on any atom is -0.489 e. The summed E-state index contributed by atoms with van der Waals surface area (Å²) in [5, 5.41) is 18.6. The maximum Gasteiger partial charge on any atom is 0.125 e. The van der Waals surface area contributed by atoms with Crippen molar-refractivity contribution in [1.82, 2.24) is 0 Å². The van der Waals surface area contributed by atoms with Gasteiger partial charge in [-0.05, 0) is 31.0 Å². The molecule has 0 saturated carbocycles. The van der Waals surface area contributed by atoms with Gasteiger partial charge in [0.15, 0.2) is 0 Å². The van der Waals surface area contributed by atoms with Crippen LogP contribution in [0.5, 0.6) is 5.75 Å². The maximum atomic E-state index is 9.32. The Morgan fingerprint density at radius 3 is 2.33 bits per heavy atom. The molecule has 0 atom stereocenters. The lowest BCUT2D eigenvalue weighted by atomic mass is 9.83. The van der Waals surface area contributed by atoms with Gasteiger partial charge in [-0.2, -0.15) is 5.26 Å². The maximum absolute atomic E-state index is 9.32.